The smallest absolute Gasteiger partial charge is 0.267 e. The van der Waals surface area contributed by atoms with Crippen LogP contribution in [0.5, 0.6) is 0 Å². The third-order valence-corrected chi connectivity index (χ3v) is 4.59. The first-order valence-corrected chi connectivity index (χ1v) is 8.35. The lowest BCUT2D eigenvalue weighted by Gasteiger charge is -2.34. The molecule has 0 saturated carbocycles. The minimum Gasteiger partial charge on any atom is -0.379 e. The second kappa shape index (κ2) is 6.76. The molecule has 3 rings (SSSR count). The number of pyridine rings is 1. The van der Waals surface area contributed by atoms with E-state index >= 15 is 0 Å². The molecule has 0 spiro atoms. The highest BCUT2D eigenvalue weighted by atomic mass is 16.7. The average molecular weight is 331 g/mol. The molecule has 1 aromatic heterocycles. The normalized spacial score (nSPS) is 24.5. The van der Waals surface area contributed by atoms with Crippen LogP contribution in [0.2, 0.25) is 0 Å². The summed E-state index contributed by atoms with van der Waals surface area (Å²) < 4.78 is 0. The zero-order valence-corrected chi connectivity index (χ0v) is 14.6. The van der Waals surface area contributed by atoms with Crippen molar-refractivity contribution in [1.82, 2.24) is 15.2 Å². The fraction of sp³-hybridized carbons (Fsp3) is 0.588. The van der Waals surface area contributed by atoms with Gasteiger partial charge < -0.3 is 20.0 Å². The minimum absolute atomic E-state index is 0.142. The predicted octanol–water partition coefficient (Wildman–Crippen LogP) is 1.00. The third kappa shape index (κ3) is 3.51. The van der Waals surface area contributed by atoms with Gasteiger partial charge in [-0.15, -0.1) is 0 Å². The second-order valence-electron chi connectivity index (χ2n) is 6.78. The van der Waals surface area contributed by atoms with E-state index in [4.69, 9.17) is 4.84 Å². The van der Waals surface area contributed by atoms with Gasteiger partial charge in [0.05, 0.1) is 5.71 Å². The number of oxime groups is 1. The summed E-state index contributed by atoms with van der Waals surface area (Å²) in [5.41, 5.74) is 0.960. The number of carbonyl (C=O) groups is 1. The Hall–Kier alpha value is -2.15. The Balaban J connectivity index is 1.64. The topological polar surface area (TPSA) is 70.1 Å². The van der Waals surface area contributed by atoms with Gasteiger partial charge in [0.25, 0.3) is 5.91 Å². The van der Waals surface area contributed by atoms with Gasteiger partial charge in [0.1, 0.15) is 5.82 Å². The molecule has 1 fully saturated rings. The summed E-state index contributed by atoms with van der Waals surface area (Å²) >= 11 is 0. The fourth-order valence-electron chi connectivity index (χ4n) is 3.09. The molecule has 1 amide bonds. The van der Waals surface area contributed by atoms with Crippen molar-refractivity contribution >= 4 is 17.4 Å². The maximum absolute atomic E-state index is 12.5. The molecule has 7 nitrogen and oxygen atoms in total. The number of hydrogen-bond donors (Lipinski definition) is 1. The molecule has 7 heteroatoms. The first-order chi connectivity index (χ1) is 11.5. The van der Waals surface area contributed by atoms with Gasteiger partial charge in [-0.1, -0.05) is 11.2 Å². The SMILES string of the molecule is CC1=NO[C@@](C)(C(=O)NCc2cccnc2N2CCN(C)CC2)C1. The summed E-state index contributed by atoms with van der Waals surface area (Å²) in [4.78, 5) is 26.9. The summed E-state index contributed by atoms with van der Waals surface area (Å²) in [7, 11) is 2.13. The van der Waals surface area contributed by atoms with Gasteiger partial charge in [-0.3, -0.25) is 4.79 Å². The molecule has 0 aliphatic carbocycles. The Labute approximate surface area is 142 Å². The summed E-state index contributed by atoms with van der Waals surface area (Å²) in [5.74, 6) is 0.812. The van der Waals surface area contributed by atoms with E-state index in [1.165, 1.54) is 0 Å². The Morgan fingerprint density at radius 1 is 1.38 bits per heavy atom. The number of likely N-dealkylation sites (N-methyl/N-ethyl adjacent to an activating group) is 1. The Bertz CT molecular complexity index is 640. The Morgan fingerprint density at radius 2 is 2.12 bits per heavy atom. The van der Waals surface area contributed by atoms with Gasteiger partial charge >= 0.3 is 0 Å². The molecule has 0 aromatic carbocycles. The first kappa shape index (κ1) is 16.7. The van der Waals surface area contributed by atoms with Crippen molar-refractivity contribution in [3.8, 4) is 0 Å². The zero-order valence-electron chi connectivity index (χ0n) is 14.6. The number of aromatic nitrogens is 1. The van der Waals surface area contributed by atoms with Crippen LogP contribution in [0.25, 0.3) is 0 Å². The van der Waals surface area contributed by atoms with E-state index in [-0.39, 0.29) is 5.91 Å². The summed E-state index contributed by atoms with van der Waals surface area (Å²) in [6, 6.07) is 3.92. The quantitative estimate of drug-likeness (QED) is 0.891. The standard InChI is InChI=1S/C17H25N5O2/c1-13-11-17(2,24-20-13)16(23)19-12-14-5-4-6-18-15(14)22-9-7-21(3)8-10-22/h4-6H,7-12H2,1-3H3,(H,19,23)/t17-/m1/s1. The highest BCUT2D eigenvalue weighted by Gasteiger charge is 2.40. The number of hydrogen-bond acceptors (Lipinski definition) is 6. The fourth-order valence-corrected chi connectivity index (χ4v) is 3.09. The Kier molecular flexibility index (Phi) is 4.71. The van der Waals surface area contributed by atoms with Crippen LogP contribution in [0.3, 0.4) is 0 Å². The van der Waals surface area contributed by atoms with E-state index < -0.39 is 5.60 Å². The number of rotatable bonds is 4. The van der Waals surface area contributed by atoms with Crippen LogP contribution in [0, 0.1) is 0 Å². The lowest BCUT2D eigenvalue weighted by molar-refractivity contribution is -0.141. The van der Waals surface area contributed by atoms with E-state index in [0.29, 0.717) is 13.0 Å². The van der Waals surface area contributed by atoms with Crippen LogP contribution in [-0.4, -0.2) is 60.3 Å². The molecule has 0 bridgehead atoms. The number of carbonyl (C=O) groups excluding carboxylic acids is 1. The number of piperazine rings is 1. The second-order valence-corrected chi connectivity index (χ2v) is 6.78. The molecular weight excluding hydrogens is 306 g/mol. The molecule has 0 radical (unpaired) electrons. The maximum Gasteiger partial charge on any atom is 0.267 e. The van der Waals surface area contributed by atoms with Crippen molar-refractivity contribution in [3.05, 3.63) is 23.9 Å². The predicted molar refractivity (Wildman–Crippen MR) is 93.0 cm³/mol. The minimum atomic E-state index is -0.902. The lowest BCUT2D eigenvalue weighted by Crippen LogP contribution is -2.46. The number of amides is 1. The van der Waals surface area contributed by atoms with Gasteiger partial charge in [-0.2, -0.15) is 0 Å². The van der Waals surface area contributed by atoms with E-state index in [0.717, 1.165) is 43.3 Å². The van der Waals surface area contributed by atoms with Gasteiger partial charge in [0.2, 0.25) is 5.60 Å². The van der Waals surface area contributed by atoms with Crippen LogP contribution in [0.15, 0.2) is 23.5 Å². The van der Waals surface area contributed by atoms with Gasteiger partial charge in [-0.05, 0) is 27.0 Å². The van der Waals surface area contributed by atoms with E-state index in [1.807, 2.05) is 19.1 Å². The van der Waals surface area contributed by atoms with Crippen molar-refractivity contribution in [2.45, 2.75) is 32.4 Å². The van der Waals surface area contributed by atoms with Gasteiger partial charge in [0.15, 0.2) is 0 Å². The molecule has 1 N–H and O–H groups in total. The molecule has 1 saturated heterocycles. The molecule has 3 heterocycles. The van der Waals surface area contributed by atoms with Crippen molar-refractivity contribution in [2.75, 3.05) is 38.1 Å². The zero-order chi connectivity index (χ0) is 17.2. The largest absolute Gasteiger partial charge is 0.379 e. The lowest BCUT2D eigenvalue weighted by atomic mass is 9.99. The Morgan fingerprint density at radius 3 is 2.79 bits per heavy atom. The molecule has 2 aliphatic heterocycles. The average Bonchev–Trinajstić information content (AvgIpc) is 2.94. The molecule has 1 atom stereocenters. The van der Waals surface area contributed by atoms with Crippen LogP contribution >= 0.6 is 0 Å². The van der Waals surface area contributed by atoms with E-state index in [2.05, 4.69) is 32.3 Å². The van der Waals surface area contributed by atoms with Crippen molar-refractivity contribution in [2.24, 2.45) is 5.16 Å². The number of anilines is 1. The number of nitrogens with one attached hydrogen (secondary N) is 1. The molecule has 24 heavy (non-hydrogen) atoms. The van der Waals surface area contributed by atoms with Crippen molar-refractivity contribution < 1.29 is 9.63 Å². The first-order valence-electron chi connectivity index (χ1n) is 8.35. The highest BCUT2D eigenvalue weighted by molar-refractivity contribution is 5.94. The maximum atomic E-state index is 12.5. The monoisotopic (exact) mass is 331 g/mol. The summed E-state index contributed by atoms with van der Waals surface area (Å²) in [6.45, 7) is 8.00. The van der Waals surface area contributed by atoms with Crippen molar-refractivity contribution in [3.63, 3.8) is 0 Å². The van der Waals surface area contributed by atoms with Gasteiger partial charge in [-0.25, -0.2) is 4.98 Å². The molecule has 1 aromatic rings. The van der Waals surface area contributed by atoms with E-state index in [9.17, 15) is 4.79 Å². The summed E-state index contributed by atoms with van der Waals surface area (Å²) in [6.07, 6.45) is 2.33. The molecule has 130 valence electrons. The van der Waals surface area contributed by atoms with Crippen molar-refractivity contribution in [1.29, 1.82) is 0 Å². The van der Waals surface area contributed by atoms with Crippen LogP contribution in [0.4, 0.5) is 5.82 Å². The van der Waals surface area contributed by atoms with Crippen LogP contribution in [0.1, 0.15) is 25.8 Å². The summed E-state index contributed by atoms with van der Waals surface area (Å²) in [5, 5.41) is 6.87. The molecular formula is C17H25N5O2. The van der Waals surface area contributed by atoms with Crippen LogP contribution < -0.4 is 10.2 Å². The van der Waals surface area contributed by atoms with Gasteiger partial charge in [0, 0.05) is 50.9 Å². The molecule has 2 aliphatic rings. The van der Waals surface area contributed by atoms with Crippen LogP contribution in [-0.2, 0) is 16.2 Å². The third-order valence-electron chi connectivity index (χ3n) is 4.59. The molecule has 0 unspecified atom stereocenters. The van der Waals surface area contributed by atoms with E-state index in [1.54, 1.807) is 13.1 Å². The number of nitrogens with zero attached hydrogens (tertiary/aromatic N) is 4. The highest BCUT2D eigenvalue weighted by Crippen LogP contribution is 2.24.